The van der Waals surface area contributed by atoms with Gasteiger partial charge in [-0.2, -0.15) is 0 Å². The summed E-state index contributed by atoms with van der Waals surface area (Å²) in [5.74, 6) is 1.45. The summed E-state index contributed by atoms with van der Waals surface area (Å²) >= 11 is 5.95. The third-order valence-electron chi connectivity index (χ3n) is 5.09. The molecule has 2 aliphatic heterocycles. The van der Waals surface area contributed by atoms with E-state index in [9.17, 15) is 4.79 Å². The van der Waals surface area contributed by atoms with Crippen LogP contribution in [0.1, 0.15) is 15.9 Å². The molecule has 0 spiro atoms. The summed E-state index contributed by atoms with van der Waals surface area (Å²) in [6.45, 7) is 5.05. The molecule has 3 heterocycles. The number of likely N-dealkylation sites (tertiary alicyclic amines) is 1. The lowest BCUT2D eigenvalue weighted by atomic mass is 10.0. The van der Waals surface area contributed by atoms with Gasteiger partial charge in [0.1, 0.15) is 0 Å². The van der Waals surface area contributed by atoms with Gasteiger partial charge in [-0.05, 0) is 29.5 Å². The van der Waals surface area contributed by atoms with Gasteiger partial charge in [0.05, 0.1) is 5.56 Å². The van der Waals surface area contributed by atoms with Gasteiger partial charge in [0.25, 0.3) is 5.91 Å². The molecule has 2 N–H and O–H groups in total. The van der Waals surface area contributed by atoms with Crippen LogP contribution in [0, 0.1) is 11.8 Å². The molecule has 6 nitrogen and oxygen atoms in total. The average molecular weight is 358 g/mol. The fraction of sp³-hybridized carbons (Fsp3) is 0.389. The van der Waals surface area contributed by atoms with Crippen molar-refractivity contribution in [2.75, 3.05) is 31.1 Å². The van der Waals surface area contributed by atoms with Crippen LogP contribution in [0.25, 0.3) is 0 Å². The third kappa shape index (κ3) is 3.45. The molecule has 2 aliphatic rings. The number of nitrogens with zero attached hydrogens (tertiary/aromatic N) is 4. The van der Waals surface area contributed by atoms with Gasteiger partial charge in [-0.25, -0.2) is 9.97 Å². The molecule has 0 bridgehead atoms. The molecule has 0 radical (unpaired) electrons. The maximum atomic E-state index is 11.1. The lowest BCUT2D eigenvalue weighted by Crippen LogP contribution is -2.29. The zero-order valence-electron chi connectivity index (χ0n) is 13.8. The molecule has 2 saturated heterocycles. The minimum Gasteiger partial charge on any atom is -0.366 e. The molecule has 2 aromatic rings. The number of fused-ring (bicyclic) bond motifs is 1. The molecule has 2 fully saturated rings. The summed E-state index contributed by atoms with van der Waals surface area (Å²) in [6.07, 6.45) is 3.01. The smallest absolute Gasteiger partial charge is 0.251 e. The van der Waals surface area contributed by atoms with E-state index in [-0.39, 0.29) is 0 Å². The predicted octanol–water partition coefficient (Wildman–Crippen LogP) is 1.80. The number of rotatable bonds is 4. The van der Waals surface area contributed by atoms with E-state index < -0.39 is 5.91 Å². The molecule has 0 saturated carbocycles. The van der Waals surface area contributed by atoms with Crippen LogP contribution < -0.4 is 10.6 Å². The van der Waals surface area contributed by atoms with E-state index in [0.29, 0.717) is 23.3 Å². The summed E-state index contributed by atoms with van der Waals surface area (Å²) in [5, 5.41) is 0.778. The summed E-state index contributed by atoms with van der Waals surface area (Å²) in [4.78, 5) is 24.4. The highest BCUT2D eigenvalue weighted by Gasteiger charge is 2.40. The van der Waals surface area contributed by atoms with Gasteiger partial charge in [-0.1, -0.05) is 23.7 Å². The zero-order chi connectivity index (χ0) is 17.4. The number of carbonyl (C=O) groups excluding carboxylic acids is 1. The minimum atomic E-state index is -0.498. The number of hydrogen-bond acceptors (Lipinski definition) is 5. The molecule has 130 valence electrons. The van der Waals surface area contributed by atoms with Crippen molar-refractivity contribution in [3.05, 3.63) is 52.8 Å². The van der Waals surface area contributed by atoms with Crippen molar-refractivity contribution in [2.24, 2.45) is 17.6 Å². The Kier molecular flexibility index (Phi) is 4.31. The lowest BCUT2D eigenvalue weighted by molar-refractivity contribution is 0.0999. The van der Waals surface area contributed by atoms with E-state index >= 15 is 0 Å². The van der Waals surface area contributed by atoms with Crippen molar-refractivity contribution in [2.45, 2.75) is 6.54 Å². The Bertz CT molecular complexity index is 750. The first-order chi connectivity index (χ1) is 12.1. The van der Waals surface area contributed by atoms with E-state index in [1.165, 1.54) is 18.0 Å². The Morgan fingerprint density at radius 1 is 1.08 bits per heavy atom. The van der Waals surface area contributed by atoms with Crippen molar-refractivity contribution in [3.63, 3.8) is 0 Å². The Hall–Kier alpha value is -2.18. The molecule has 2 atom stereocenters. The quantitative estimate of drug-likeness (QED) is 0.903. The van der Waals surface area contributed by atoms with Crippen molar-refractivity contribution < 1.29 is 4.79 Å². The highest BCUT2D eigenvalue weighted by molar-refractivity contribution is 6.30. The number of aromatic nitrogens is 2. The van der Waals surface area contributed by atoms with E-state index in [4.69, 9.17) is 17.3 Å². The summed E-state index contributed by atoms with van der Waals surface area (Å²) in [7, 11) is 0. The molecule has 7 heteroatoms. The van der Waals surface area contributed by atoms with Gasteiger partial charge in [0, 0.05) is 50.1 Å². The Labute approximate surface area is 151 Å². The van der Waals surface area contributed by atoms with Crippen molar-refractivity contribution >= 4 is 23.5 Å². The maximum Gasteiger partial charge on any atom is 0.251 e. The normalized spacial score (nSPS) is 23.0. The Morgan fingerprint density at radius 3 is 2.24 bits per heavy atom. The minimum absolute atomic E-state index is 0.345. The number of anilines is 1. The summed E-state index contributed by atoms with van der Waals surface area (Å²) < 4.78 is 0. The predicted molar refractivity (Wildman–Crippen MR) is 96.5 cm³/mol. The van der Waals surface area contributed by atoms with Crippen LogP contribution in [0.5, 0.6) is 0 Å². The number of primary amides is 1. The van der Waals surface area contributed by atoms with Gasteiger partial charge >= 0.3 is 0 Å². The van der Waals surface area contributed by atoms with Crippen LogP contribution in [0.2, 0.25) is 5.02 Å². The largest absolute Gasteiger partial charge is 0.366 e. The number of nitrogens with two attached hydrogens (primary N) is 1. The zero-order valence-corrected chi connectivity index (χ0v) is 14.6. The fourth-order valence-electron chi connectivity index (χ4n) is 3.84. The number of amides is 1. The SMILES string of the molecule is NC(=O)c1cnc(N2CC3CN(Cc4ccc(Cl)cc4)CC3C2)nc1. The molecular weight excluding hydrogens is 338 g/mol. The summed E-state index contributed by atoms with van der Waals surface area (Å²) in [6, 6.07) is 8.08. The van der Waals surface area contributed by atoms with Crippen molar-refractivity contribution in [3.8, 4) is 0 Å². The molecule has 2 unspecified atom stereocenters. The monoisotopic (exact) mass is 357 g/mol. The molecule has 0 aliphatic carbocycles. The molecule has 1 aromatic carbocycles. The maximum absolute atomic E-state index is 11.1. The molecule has 25 heavy (non-hydrogen) atoms. The van der Waals surface area contributed by atoms with E-state index in [1.807, 2.05) is 12.1 Å². The first-order valence-electron chi connectivity index (χ1n) is 8.42. The van der Waals surface area contributed by atoms with Crippen LogP contribution in [0.4, 0.5) is 5.95 Å². The third-order valence-corrected chi connectivity index (χ3v) is 5.34. The molecule has 1 amide bonds. The van der Waals surface area contributed by atoms with E-state index in [2.05, 4.69) is 31.9 Å². The van der Waals surface area contributed by atoms with Gasteiger partial charge in [-0.15, -0.1) is 0 Å². The van der Waals surface area contributed by atoms with Gasteiger partial charge < -0.3 is 10.6 Å². The molecule has 1 aromatic heterocycles. The Morgan fingerprint density at radius 2 is 1.68 bits per heavy atom. The van der Waals surface area contributed by atoms with Crippen molar-refractivity contribution in [1.82, 2.24) is 14.9 Å². The van der Waals surface area contributed by atoms with E-state index in [1.54, 1.807) is 0 Å². The molecule has 4 rings (SSSR count). The standard InChI is InChI=1S/C18H20ClN5O/c19-16-3-1-12(2-4-16)7-23-8-14-10-24(11-15(14)9-23)18-21-5-13(6-22-18)17(20)25/h1-6,14-15H,7-11H2,(H2,20,25). The fourth-order valence-corrected chi connectivity index (χ4v) is 3.97. The van der Waals surface area contributed by atoms with Crippen LogP contribution in [-0.4, -0.2) is 47.0 Å². The lowest BCUT2D eigenvalue weighted by Gasteiger charge is -2.21. The topological polar surface area (TPSA) is 75.4 Å². The number of halogens is 1. The second-order valence-electron chi connectivity index (χ2n) is 6.88. The van der Waals surface area contributed by atoms with Gasteiger partial charge in [0.15, 0.2) is 0 Å². The van der Waals surface area contributed by atoms with Crippen LogP contribution >= 0.6 is 11.6 Å². The van der Waals surface area contributed by atoms with Gasteiger partial charge in [0.2, 0.25) is 5.95 Å². The van der Waals surface area contributed by atoms with Crippen LogP contribution in [0.3, 0.4) is 0 Å². The first kappa shape index (κ1) is 16.3. The highest BCUT2D eigenvalue weighted by atomic mass is 35.5. The Balaban J connectivity index is 1.35. The van der Waals surface area contributed by atoms with Crippen LogP contribution in [-0.2, 0) is 6.54 Å². The highest BCUT2D eigenvalue weighted by Crippen LogP contribution is 2.33. The second kappa shape index (κ2) is 6.61. The first-order valence-corrected chi connectivity index (χ1v) is 8.80. The van der Waals surface area contributed by atoms with Crippen LogP contribution in [0.15, 0.2) is 36.7 Å². The molecular formula is C18H20ClN5O. The number of hydrogen-bond donors (Lipinski definition) is 1. The summed E-state index contributed by atoms with van der Waals surface area (Å²) in [5.41, 5.74) is 6.88. The number of carbonyl (C=O) groups is 1. The number of benzene rings is 1. The van der Waals surface area contributed by atoms with E-state index in [0.717, 1.165) is 37.7 Å². The second-order valence-corrected chi connectivity index (χ2v) is 7.32. The average Bonchev–Trinajstić information content (AvgIpc) is 3.15. The van der Waals surface area contributed by atoms with Gasteiger partial charge in [-0.3, -0.25) is 9.69 Å². The van der Waals surface area contributed by atoms with Crippen molar-refractivity contribution in [1.29, 1.82) is 0 Å².